The Morgan fingerprint density at radius 2 is 1.82 bits per heavy atom. The van der Waals surface area contributed by atoms with Gasteiger partial charge in [0.05, 0.1) is 5.52 Å². The van der Waals surface area contributed by atoms with Crippen molar-refractivity contribution < 1.29 is 9.90 Å². The molecule has 1 amide bonds. The van der Waals surface area contributed by atoms with Crippen LogP contribution in [0.3, 0.4) is 0 Å². The van der Waals surface area contributed by atoms with Crippen LogP contribution in [0.5, 0.6) is 5.75 Å². The molecule has 2 aliphatic rings. The third-order valence-corrected chi connectivity index (χ3v) is 7.10. The number of fused-ring (bicyclic) bond motifs is 4. The van der Waals surface area contributed by atoms with Gasteiger partial charge in [0.2, 0.25) is 5.91 Å². The molecule has 1 aromatic heterocycles. The molecule has 4 aromatic rings. The quantitative estimate of drug-likeness (QED) is 0.427. The highest BCUT2D eigenvalue weighted by atomic mass is 16.3. The Kier molecular flexibility index (Phi) is 5.07. The van der Waals surface area contributed by atoms with Crippen LogP contribution in [-0.4, -0.2) is 46.2 Å². The number of aryl methyl sites for hydroxylation is 1. The topological polar surface area (TPSA) is 104 Å². The number of rotatable bonds is 5. The van der Waals surface area contributed by atoms with Gasteiger partial charge >= 0.3 is 0 Å². The summed E-state index contributed by atoms with van der Waals surface area (Å²) in [6.07, 6.45) is 2.93. The molecule has 2 bridgehead atoms. The number of piperazine rings is 1. The average molecular weight is 454 g/mol. The Morgan fingerprint density at radius 1 is 1.03 bits per heavy atom. The van der Waals surface area contributed by atoms with Crippen molar-refractivity contribution in [1.82, 2.24) is 15.3 Å². The summed E-state index contributed by atoms with van der Waals surface area (Å²) in [6.45, 7) is 1.90. The standard InChI is InChI=1S/C27H27N5O2/c28-25(34)9-10-26-30-24-12-17(23-13-20(33)11-16-3-1-2-4-21(16)23)5-8-22(24)27(31-26)32-18-6-7-19(32)15-29-14-18/h1-5,8,11-13,18-19,29,33H,6-7,9-10,14-15H2,(H2,28,34)/t18-,19+. The zero-order chi connectivity index (χ0) is 23.2. The van der Waals surface area contributed by atoms with Gasteiger partial charge < -0.3 is 21.1 Å². The number of aromatic nitrogens is 2. The van der Waals surface area contributed by atoms with Gasteiger partial charge in [-0.15, -0.1) is 0 Å². The van der Waals surface area contributed by atoms with E-state index in [1.54, 1.807) is 12.1 Å². The molecule has 2 aliphatic heterocycles. The lowest BCUT2D eigenvalue weighted by molar-refractivity contribution is -0.118. The number of nitrogens with one attached hydrogen (secondary N) is 1. The first-order chi connectivity index (χ1) is 16.6. The second-order valence-corrected chi connectivity index (χ2v) is 9.33. The van der Waals surface area contributed by atoms with Crippen molar-refractivity contribution in [1.29, 1.82) is 0 Å². The van der Waals surface area contributed by atoms with Crippen LogP contribution < -0.4 is 16.0 Å². The van der Waals surface area contributed by atoms with Gasteiger partial charge in [0.25, 0.3) is 0 Å². The predicted molar refractivity (Wildman–Crippen MR) is 134 cm³/mol. The number of hydrogen-bond acceptors (Lipinski definition) is 6. The van der Waals surface area contributed by atoms with Crippen LogP contribution in [0.2, 0.25) is 0 Å². The molecule has 7 heteroatoms. The lowest BCUT2D eigenvalue weighted by Crippen LogP contribution is -2.52. The van der Waals surface area contributed by atoms with E-state index in [9.17, 15) is 9.90 Å². The zero-order valence-electron chi connectivity index (χ0n) is 18.9. The third-order valence-electron chi connectivity index (χ3n) is 7.10. The van der Waals surface area contributed by atoms with Crippen molar-refractivity contribution in [2.45, 2.75) is 37.8 Å². The van der Waals surface area contributed by atoms with E-state index >= 15 is 0 Å². The maximum atomic E-state index is 11.5. The Balaban J connectivity index is 1.52. The molecule has 0 aliphatic carbocycles. The lowest BCUT2D eigenvalue weighted by atomic mass is 9.97. The molecule has 3 aromatic carbocycles. The lowest BCUT2D eigenvalue weighted by Gasteiger charge is -2.37. The van der Waals surface area contributed by atoms with E-state index in [2.05, 4.69) is 34.5 Å². The van der Waals surface area contributed by atoms with Crippen molar-refractivity contribution in [2.24, 2.45) is 5.73 Å². The molecule has 7 nitrogen and oxygen atoms in total. The van der Waals surface area contributed by atoms with E-state index in [1.165, 1.54) is 0 Å². The van der Waals surface area contributed by atoms with Crippen molar-refractivity contribution in [2.75, 3.05) is 18.0 Å². The van der Waals surface area contributed by atoms with Crippen molar-refractivity contribution in [3.8, 4) is 16.9 Å². The van der Waals surface area contributed by atoms with Crippen LogP contribution in [0.4, 0.5) is 5.82 Å². The van der Waals surface area contributed by atoms with Gasteiger partial charge in [-0.25, -0.2) is 9.97 Å². The Morgan fingerprint density at radius 3 is 2.62 bits per heavy atom. The maximum Gasteiger partial charge on any atom is 0.217 e. The summed E-state index contributed by atoms with van der Waals surface area (Å²) in [6, 6.07) is 18.7. The average Bonchev–Trinajstić information content (AvgIpc) is 3.08. The number of aromatic hydroxyl groups is 1. The van der Waals surface area contributed by atoms with Gasteiger partial charge in [-0.1, -0.05) is 30.3 Å². The highest BCUT2D eigenvalue weighted by molar-refractivity contribution is 6.01. The Hall–Kier alpha value is -3.71. The highest BCUT2D eigenvalue weighted by Crippen LogP contribution is 2.38. The molecule has 2 fully saturated rings. The SMILES string of the molecule is NC(=O)CCc1nc(N2[C@@H]3CC[C@H]2CNC3)c2ccc(-c3cc(O)cc4ccccc34)cc2n1. The van der Waals surface area contributed by atoms with E-state index in [4.69, 9.17) is 15.7 Å². The highest BCUT2D eigenvalue weighted by Gasteiger charge is 2.38. The van der Waals surface area contributed by atoms with Crippen LogP contribution in [0.15, 0.2) is 54.6 Å². The summed E-state index contributed by atoms with van der Waals surface area (Å²) in [5.41, 5.74) is 8.20. The monoisotopic (exact) mass is 453 g/mol. The minimum Gasteiger partial charge on any atom is -0.508 e. The van der Waals surface area contributed by atoms with E-state index in [0.29, 0.717) is 24.3 Å². The number of anilines is 1. The number of carbonyl (C=O) groups is 1. The minimum atomic E-state index is -0.354. The molecule has 6 rings (SSSR count). The van der Waals surface area contributed by atoms with E-state index in [1.807, 2.05) is 18.2 Å². The second-order valence-electron chi connectivity index (χ2n) is 9.33. The Bertz CT molecular complexity index is 1400. The van der Waals surface area contributed by atoms with E-state index in [0.717, 1.165) is 64.6 Å². The normalized spacial score (nSPS) is 19.7. The van der Waals surface area contributed by atoms with Crippen molar-refractivity contribution in [3.63, 3.8) is 0 Å². The molecule has 2 atom stereocenters. The molecule has 0 spiro atoms. The number of nitrogens with two attached hydrogens (primary N) is 1. The first kappa shape index (κ1) is 20.9. The molecule has 0 radical (unpaired) electrons. The fourth-order valence-electron chi connectivity index (χ4n) is 5.53. The van der Waals surface area contributed by atoms with E-state index < -0.39 is 0 Å². The molecular formula is C27H27N5O2. The number of hydrogen-bond donors (Lipinski definition) is 3. The molecule has 2 saturated heterocycles. The zero-order valence-corrected chi connectivity index (χ0v) is 18.9. The van der Waals surface area contributed by atoms with Gasteiger partial charge in [0, 0.05) is 43.4 Å². The molecule has 0 unspecified atom stereocenters. The van der Waals surface area contributed by atoms with Crippen LogP contribution >= 0.6 is 0 Å². The number of nitrogens with zero attached hydrogens (tertiary/aromatic N) is 3. The second kappa shape index (κ2) is 8.25. The summed E-state index contributed by atoms with van der Waals surface area (Å²) >= 11 is 0. The number of carbonyl (C=O) groups excluding carboxylic acids is 1. The fraction of sp³-hybridized carbons (Fsp3) is 0.296. The van der Waals surface area contributed by atoms with Gasteiger partial charge in [-0.05, 0) is 59.0 Å². The first-order valence-electron chi connectivity index (χ1n) is 11.9. The molecular weight excluding hydrogens is 426 g/mol. The van der Waals surface area contributed by atoms with Crippen molar-refractivity contribution >= 4 is 33.4 Å². The summed E-state index contributed by atoms with van der Waals surface area (Å²) in [7, 11) is 0. The van der Waals surface area contributed by atoms with Gasteiger partial charge in [-0.2, -0.15) is 0 Å². The predicted octanol–water partition coefficient (Wildman–Crippen LogP) is 3.51. The van der Waals surface area contributed by atoms with Crippen LogP contribution in [-0.2, 0) is 11.2 Å². The number of primary amides is 1. The van der Waals surface area contributed by atoms with Crippen LogP contribution in [0, 0.1) is 0 Å². The molecule has 172 valence electrons. The smallest absolute Gasteiger partial charge is 0.217 e. The van der Waals surface area contributed by atoms with Gasteiger partial charge in [-0.3, -0.25) is 4.79 Å². The molecule has 3 heterocycles. The maximum absolute atomic E-state index is 11.5. The fourth-order valence-corrected chi connectivity index (χ4v) is 5.53. The summed E-state index contributed by atoms with van der Waals surface area (Å²) in [5.74, 6) is 1.46. The number of phenols is 1. The number of benzene rings is 3. The molecule has 4 N–H and O–H groups in total. The van der Waals surface area contributed by atoms with E-state index in [-0.39, 0.29) is 18.1 Å². The summed E-state index contributed by atoms with van der Waals surface area (Å²) in [5, 5.41) is 16.9. The van der Waals surface area contributed by atoms with Crippen LogP contribution in [0.25, 0.3) is 32.8 Å². The van der Waals surface area contributed by atoms with Crippen LogP contribution in [0.1, 0.15) is 25.1 Å². The van der Waals surface area contributed by atoms with Gasteiger partial charge in [0.1, 0.15) is 17.4 Å². The largest absolute Gasteiger partial charge is 0.508 e. The van der Waals surface area contributed by atoms with Gasteiger partial charge in [0.15, 0.2) is 0 Å². The summed E-state index contributed by atoms with van der Waals surface area (Å²) < 4.78 is 0. The molecule has 0 saturated carbocycles. The summed E-state index contributed by atoms with van der Waals surface area (Å²) in [4.78, 5) is 23.7. The first-order valence-corrected chi connectivity index (χ1v) is 11.9. The number of phenolic OH excluding ortho intramolecular Hbond substituents is 1. The number of amides is 1. The van der Waals surface area contributed by atoms with Crippen molar-refractivity contribution in [3.05, 3.63) is 60.4 Å². The molecule has 34 heavy (non-hydrogen) atoms. The minimum absolute atomic E-state index is 0.218. The Labute approximate surface area is 197 Å². The third kappa shape index (κ3) is 3.62.